The Morgan fingerprint density at radius 1 is 0.960 bits per heavy atom. The van der Waals surface area contributed by atoms with E-state index in [4.69, 9.17) is 0 Å². The van der Waals surface area contributed by atoms with Crippen LogP contribution in [-0.2, 0) is 0 Å². The van der Waals surface area contributed by atoms with Crippen LogP contribution in [0.2, 0.25) is 0 Å². The topological polar surface area (TPSA) is 52.6 Å². The molecule has 0 bridgehead atoms. The van der Waals surface area contributed by atoms with Gasteiger partial charge in [-0.2, -0.15) is 0 Å². The average molecular weight is 339 g/mol. The standard InChI is InChI=1S/C19H25N5O/c1-22-9-11-24(12-10-22)19(25)15-5-6-17-16(13-15)18(21-14-20-17)23-7-3-2-4-8-23/h5-6,13-14H,2-4,7-12H2,1H3. The number of nitrogens with zero attached hydrogens (tertiary/aromatic N) is 5. The largest absolute Gasteiger partial charge is 0.356 e. The molecule has 2 aliphatic rings. The Labute approximate surface area is 148 Å². The molecular weight excluding hydrogens is 314 g/mol. The number of carbonyl (C=O) groups is 1. The fraction of sp³-hybridized carbons (Fsp3) is 0.526. The molecule has 0 unspecified atom stereocenters. The highest BCUT2D eigenvalue weighted by Gasteiger charge is 2.22. The minimum Gasteiger partial charge on any atom is -0.356 e. The van der Waals surface area contributed by atoms with Gasteiger partial charge in [-0.05, 0) is 44.5 Å². The highest BCUT2D eigenvalue weighted by molar-refractivity contribution is 6.00. The van der Waals surface area contributed by atoms with Crippen molar-refractivity contribution in [2.75, 3.05) is 51.2 Å². The fourth-order valence-corrected chi connectivity index (χ4v) is 3.73. The number of fused-ring (bicyclic) bond motifs is 1. The van der Waals surface area contributed by atoms with Crippen molar-refractivity contribution in [2.24, 2.45) is 0 Å². The number of rotatable bonds is 2. The highest BCUT2D eigenvalue weighted by atomic mass is 16.2. The number of amides is 1. The van der Waals surface area contributed by atoms with Gasteiger partial charge in [0, 0.05) is 50.2 Å². The first-order chi connectivity index (χ1) is 12.2. The van der Waals surface area contributed by atoms with Crippen LogP contribution in [0.25, 0.3) is 10.9 Å². The molecule has 0 atom stereocenters. The van der Waals surface area contributed by atoms with E-state index >= 15 is 0 Å². The number of carbonyl (C=O) groups excluding carboxylic acids is 1. The zero-order valence-electron chi connectivity index (χ0n) is 14.8. The van der Waals surface area contributed by atoms with Crippen LogP contribution >= 0.6 is 0 Å². The van der Waals surface area contributed by atoms with E-state index in [1.165, 1.54) is 19.3 Å². The molecule has 132 valence electrons. The average Bonchev–Trinajstić information content (AvgIpc) is 2.68. The Kier molecular flexibility index (Phi) is 4.53. The molecule has 1 aromatic carbocycles. The number of hydrogen-bond donors (Lipinski definition) is 0. The molecule has 0 aliphatic carbocycles. The van der Waals surface area contributed by atoms with Crippen LogP contribution in [0.3, 0.4) is 0 Å². The summed E-state index contributed by atoms with van der Waals surface area (Å²) in [5.41, 5.74) is 1.65. The van der Waals surface area contributed by atoms with Gasteiger partial charge in [0.1, 0.15) is 12.1 Å². The molecule has 2 aromatic rings. The molecule has 6 heteroatoms. The van der Waals surface area contributed by atoms with Crippen LogP contribution in [-0.4, -0.2) is 72.0 Å². The summed E-state index contributed by atoms with van der Waals surface area (Å²) < 4.78 is 0. The predicted molar refractivity (Wildman–Crippen MR) is 99.0 cm³/mol. The van der Waals surface area contributed by atoms with Crippen molar-refractivity contribution in [2.45, 2.75) is 19.3 Å². The molecule has 0 N–H and O–H groups in total. The fourth-order valence-electron chi connectivity index (χ4n) is 3.73. The van der Waals surface area contributed by atoms with Crippen LogP contribution < -0.4 is 4.90 Å². The van der Waals surface area contributed by atoms with E-state index in [1.807, 2.05) is 23.1 Å². The van der Waals surface area contributed by atoms with Gasteiger partial charge in [0.15, 0.2) is 0 Å². The Hall–Kier alpha value is -2.21. The smallest absolute Gasteiger partial charge is 0.253 e. The summed E-state index contributed by atoms with van der Waals surface area (Å²) in [7, 11) is 2.10. The quantitative estimate of drug-likeness (QED) is 0.838. The van der Waals surface area contributed by atoms with Gasteiger partial charge in [-0.3, -0.25) is 4.79 Å². The number of benzene rings is 1. The molecule has 2 fully saturated rings. The van der Waals surface area contributed by atoms with E-state index in [1.54, 1.807) is 6.33 Å². The minimum absolute atomic E-state index is 0.114. The molecule has 3 heterocycles. The van der Waals surface area contributed by atoms with Crippen molar-refractivity contribution in [3.05, 3.63) is 30.1 Å². The molecule has 2 saturated heterocycles. The van der Waals surface area contributed by atoms with Crippen LogP contribution in [0.5, 0.6) is 0 Å². The molecule has 1 aromatic heterocycles. The summed E-state index contributed by atoms with van der Waals surface area (Å²) in [5.74, 6) is 1.08. The van der Waals surface area contributed by atoms with Crippen molar-refractivity contribution in [1.29, 1.82) is 0 Å². The molecule has 0 spiro atoms. The van der Waals surface area contributed by atoms with Crippen molar-refractivity contribution < 1.29 is 4.79 Å². The first-order valence-electron chi connectivity index (χ1n) is 9.20. The highest BCUT2D eigenvalue weighted by Crippen LogP contribution is 2.27. The lowest BCUT2D eigenvalue weighted by Gasteiger charge is -2.32. The summed E-state index contributed by atoms with van der Waals surface area (Å²) in [6.45, 7) is 5.50. The van der Waals surface area contributed by atoms with Crippen molar-refractivity contribution in [3.63, 3.8) is 0 Å². The van der Waals surface area contributed by atoms with Crippen molar-refractivity contribution >= 4 is 22.6 Å². The second-order valence-corrected chi connectivity index (χ2v) is 7.07. The Morgan fingerprint density at radius 3 is 2.48 bits per heavy atom. The van der Waals surface area contributed by atoms with Crippen LogP contribution in [0, 0.1) is 0 Å². The van der Waals surface area contributed by atoms with E-state index in [0.29, 0.717) is 0 Å². The van der Waals surface area contributed by atoms with E-state index in [9.17, 15) is 4.79 Å². The maximum atomic E-state index is 12.9. The summed E-state index contributed by atoms with van der Waals surface area (Å²) in [6.07, 6.45) is 5.32. The molecule has 25 heavy (non-hydrogen) atoms. The Bertz CT molecular complexity index is 763. The second kappa shape index (κ2) is 6.96. The van der Waals surface area contributed by atoms with Gasteiger partial charge in [0.25, 0.3) is 5.91 Å². The first kappa shape index (κ1) is 16.3. The third-order valence-electron chi connectivity index (χ3n) is 5.31. The van der Waals surface area contributed by atoms with Gasteiger partial charge in [-0.25, -0.2) is 9.97 Å². The zero-order valence-corrected chi connectivity index (χ0v) is 14.8. The van der Waals surface area contributed by atoms with Gasteiger partial charge in [0.05, 0.1) is 5.52 Å². The Morgan fingerprint density at radius 2 is 1.72 bits per heavy atom. The van der Waals surface area contributed by atoms with Gasteiger partial charge in [0.2, 0.25) is 0 Å². The Balaban J connectivity index is 1.65. The summed E-state index contributed by atoms with van der Waals surface area (Å²) >= 11 is 0. The van der Waals surface area contributed by atoms with Crippen LogP contribution in [0.15, 0.2) is 24.5 Å². The maximum Gasteiger partial charge on any atom is 0.253 e. The lowest BCUT2D eigenvalue weighted by atomic mass is 10.1. The molecule has 0 saturated carbocycles. The van der Waals surface area contributed by atoms with Gasteiger partial charge >= 0.3 is 0 Å². The summed E-state index contributed by atoms with van der Waals surface area (Å²) in [6, 6.07) is 5.84. The van der Waals surface area contributed by atoms with Crippen LogP contribution in [0.4, 0.5) is 5.82 Å². The number of aromatic nitrogens is 2. The van der Waals surface area contributed by atoms with E-state index in [0.717, 1.165) is 61.6 Å². The normalized spacial score (nSPS) is 19.4. The minimum atomic E-state index is 0.114. The van der Waals surface area contributed by atoms with Crippen LogP contribution in [0.1, 0.15) is 29.6 Å². The zero-order chi connectivity index (χ0) is 17.2. The molecule has 6 nitrogen and oxygen atoms in total. The van der Waals surface area contributed by atoms with E-state index in [-0.39, 0.29) is 5.91 Å². The predicted octanol–water partition coefficient (Wildman–Crippen LogP) is 2.01. The molecular formula is C19H25N5O. The number of piperidine rings is 1. The number of anilines is 1. The third-order valence-corrected chi connectivity index (χ3v) is 5.31. The summed E-state index contributed by atoms with van der Waals surface area (Å²) in [4.78, 5) is 28.4. The molecule has 4 rings (SSSR count). The lowest BCUT2D eigenvalue weighted by molar-refractivity contribution is 0.0664. The van der Waals surface area contributed by atoms with E-state index < -0.39 is 0 Å². The van der Waals surface area contributed by atoms with Gasteiger partial charge in [-0.15, -0.1) is 0 Å². The first-order valence-corrected chi connectivity index (χ1v) is 9.20. The number of likely N-dealkylation sites (N-methyl/N-ethyl adjacent to an activating group) is 1. The van der Waals surface area contributed by atoms with Crippen molar-refractivity contribution in [3.8, 4) is 0 Å². The lowest BCUT2D eigenvalue weighted by Crippen LogP contribution is -2.47. The van der Waals surface area contributed by atoms with Gasteiger partial charge < -0.3 is 14.7 Å². The van der Waals surface area contributed by atoms with E-state index in [2.05, 4.69) is 26.8 Å². The molecule has 1 amide bonds. The monoisotopic (exact) mass is 339 g/mol. The SMILES string of the molecule is CN1CCN(C(=O)c2ccc3ncnc(N4CCCCC4)c3c2)CC1. The third kappa shape index (κ3) is 3.31. The van der Waals surface area contributed by atoms with Gasteiger partial charge in [-0.1, -0.05) is 0 Å². The number of hydrogen-bond acceptors (Lipinski definition) is 5. The second-order valence-electron chi connectivity index (χ2n) is 7.07. The summed E-state index contributed by atoms with van der Waals surface area (Å²) in [5, 5.41) is 0.990. The maximum absolute atomic E-state index is 12.9. The molecule has 0 radical (unpaired) electrons. The number of piperazine rings is 1. The van der Waals surface area contributed by atoms with Crippen molar-refractivity contribution in [1.82, 2.24) is 19.8 Å². The molecule has 2 aliphatic heterocycles.